The monoisotopic (exact) mass is 390 g/mol. The molecule has 3 amide bonds. The molecular formula is C17H18N4O5S. The van der Waals surface area contributed by atoms with Gasteiger partial charge in [-0.15, -0.1) is 0 Å². The van der Waals surface area contributed by atoms with E-state index < -0.39 is 22.0 Å². The number of primary sulfonamides is 1. The molecule has 0 aliphatic rings. The Morgan fingerprint density at radius 2 is 1.74 bits per heavy atom. The number of urea groups is 1. The van der Waals surface area contributed by atoms with Crippen molar-refractivity contribution >= 4 is 33.9 Å². The van der Waals surface area contributed by atoms with Crippen LogP contribution in [0.3, 0.4) is 0 Å². The average Bonchev–Trinajstić information content (AvgIpc) is 2.64. The summed E-state index contributed by atoms with van der Waals surface area (Å²) in [5.74, 6) is -0.430. The van der Waals surface area contributed by atoms with Gasteiger partial charge in [-0.3, -0.25) is 4.79 Å². The second-order valence-electron chi connectivity index (χ2n) is 5.45. The van der Waals surface area contributed by atoms with Crippen LogP contribution in [-0.2, 0) is 21.4 Å². The molecule has 0 aliphatic carbocycles. The number of nitrogens with two attached hydrogens (primary N) is 1. The van der Waals surface area contributed by atoms with E-state index in [-0.39, 0.29) is 18.0 Å². The van der Waals surface area contributed by atoms with Crippen molar-refractivity contribution in [2.45, 2.75) is 11.4 Å². The highest BCUT2D eigenvalue weighted by molar-refractivity contribution is 7.89. The highest BCUT2D eigenvalue weighted by atomic mass is 32.2. The molecule has 2 aromatic carbocycles. The molecule has 0 atom stereocenters. The van der Waals surface area contributed by atoms with Gasteiger partial charge in [0.15, 0.2) is 0 Å². The van der Waals surface area contributed by atoms with Crippen molar-refractivity contribution in [1.29, 1.82) is 0 Å². The Labute approximate surface area is 156 Å². The number of nitrogens with one attached hydrogen (secondary N) is 3. The minimum Gasteiger partial charge on any atom is -0.345 e. The largest absolute Gasteiger partial charge is 0.345 e. The van der Waals surface area contributed by atoms with Crippen molar-refractivity contribution < 1.29 is 22.8 Å². The number of sulfonamides is 1. The second kappa shape index (κ2) is 8.92. The lowest BCUT2D eigenvalue weighted by Gasteiger charge is -2.09. The summed E-state index contributed by atoms with van der Waals surface area (Å²) in [5, 5.41) is 12.6. The molecule has 0 aliphatic heterocycles. The lowest BCUT2D eigenvalue weighted by molar-refractivity contribution is -0.107. The van der Waals surface area contributed by atoms with Crippen LogP contribution in [0.15, 0.2) is 53.4 Å². The molecule has 0 aromatic heterocycles. The minimum atomic E-state index is -3.76. The van der Waals surface area contributed by atoms with Crippen LogP contribution in [0.2, 0.25) is 0 Å². The van der Waals surface area contributed by atoms with Gasteiger partial charge in [0.05, 0.1) is 11.4 Å². The number of hydrogen-bond donors (Lipinski definition) is 4. The van der Waals surface area contributed by atoms with E-state index in [1.165, 1.54) is 30.3 Å². The van der Waals surface area contributed by atoms with Gasteiger partial charge in [0.2, 0.25) is 10.0 Å². The maximum atomic E-state index is 12.0. The normalized spacial score (nSPS) is 10.7. The first kappa shape index (κ1) is 20.1. The Hall–Kier alpha value is -3.24. The van der Waals surface area contributed by atoms with Gasteiger partial charge >= 0.3 is 6.03 Å². The Balaban J connectivity index is 1.92. The van der Waals surface area contributed by atoms with E-state index in [9.17, 15) is 22.8 Å². The van der Waals surface area contributed by atoms with Crippen LogP contribution in [0.1, 0.15) is 15.9 Å². The highest BCUT2D eigenvalue weighted by Gasteiger charge is 2.09. The number of anilines is 1. The zero-order valence-corrected chi connectivity index (χ0v) is 15.0. The first-order valence-electron chi connectivity index (χ1n) is 7.78. The van der Waals surface area contributed by atoms with Crippen molar-refractivity contribution in [2.75, 3.05) is 11.9 Å². The molecule has 0 spiro atoms. The lowest BCUT2D eigenvalue weighted by Crippen LogP contribution is -2.28. The van der Waals surface area contributed by atoms with Gasteiger partial charge in [-0.25, -0.2) is 18.4 Å². The molecule has 27 heavy (non-hydrogen) atoms. The minimum absolute atomic E-state index is 0.0135. The van der Waals surface area contributed by atoms with E-state index >= 15 is 0 Å². The van der Waals surface area contributed by atoms with Crippen molar-refractivity contribution in [2.24, 2.45) is 5.14 Å². The van der Waals surface area contributed by atoms with Crippen LogP contribution < -0.4 is 21.1 Å². The van der Waals surface area contributed by atoms with Crippen molar-refractivity contribution in [3.05, 3.63) is 59.7 Å². The van der Waals surface area contributed by atoms with E-state index in [1.54, 1.807) is 18.2 Å². The summed E-state index contributed by atoms with van der Waals surface area (Å²) in [6.45, 7) is 0.0669. The number of carbonyl (C=O) groups is 3. The molecule has 5 N–H and O–H groups in total. The van der Waals surface area contributed by atoms with Crippen LogP contribution in [0.5, 0.6) is 0 Å². The summed E-state index contributed by atoms with van der Waals surface area (Å²) in [6.07, 6.45) is 0.572. The Bertz CT molecular complexity index is 942. The topological polar surface area (TPSA) is 147 Å². The predicted octanol–water partition coefficient (Wildman–Crippen LogP) is 0.584. The van der Waals surface area contributed by atoms with Crippen molar-refractivity contribution in [3.8, 4) is 0 Å². The van der Waals surface area contributed by atoms with E-state index in [1.807, 2.05) is 0 Å². The summed E-state index contributed by atoms with van der Waals surface area (Å²) < 4.78 is 22.4. The van der Waals surface area contributed by atoms with Gasteiger partial charge in [0, 0.05) is 17.8 Å². The van der Waals surface area contributed by atoms with Gasteiger partial charge in [-0.1, -0.05) is 18.2 Å². The summed E-state index contributed by atoms with van der Waals surface area (Å²) in [7, 11) is -3.76. The van der Waals surface area contributed by atoms with Crippen molar-refractivity contribution in [1.82, 2.24) is 10.6 Å². The molecular weight excluding hydrogens is 372 g/mol. The van der Waals surface area contributed by atoms with E-state index in [2.05, 4.69) is 16.0 Å². The first-order chi connectivity index (χ1) is 12.8. The van der Waals surface area contributed by atoms with Gasteiger partial charge in [0.1, 0.15) is 6.29 Å². The number of aldehydes is 1. The third-order valence-corrected chi connectivity index (χ3v) is 4.36. The second-order valence-corrected chi connectivity index (χ2v) is 7.02. The molecule has 0 unspecified atom stereocenters. The third kappa shape index (κ3) is 6.20. The summed E-state index contributed by atoms with van der Waals surface area (Å²) in [6, 6.07) is 11.5. The summed E-state index contributed by atoms with van der Waals surface area (Å²) in [4.78, 5) is 34.1. The molecule has 0 fully saturated rings. The highest BCUT2D eigenvalue weighted by Crippen LogP contribution is 2.11. The van der Waals surface area contributed by atoms with Gasteiger partial charge < -0.3 is 20.7 Å². The van der Waals surface area contributed by atoms with Gasteiger partial charge in [-0.2, -0.15) is 0 Å². The number of carbonyl (C=O) groups excluding carboxylic acids is 3. The Kier molecular flexibility index (Phi) is 6.63. The molecule has 10 heteroatoms. The Morgan fingerprint density at radius 3 is 2.37 bits per heavy atom. The quantitative estimate of drug-likeness (QED) is 0.511. The third-order valence-electron chi connectivity index (χ3n) is 3.43. The fourth-order valence-corrected chi connectivity index (χ4v) is 2.64. The molecule has 0 radical (unpaired) electrons. The van der Waals surface area contributed by atoms with Gasteiger partial charge in [-0.05, 0) is 35.9 Å². The number of rotatable bonds is 7. The van der Waals surface area contributed by atoms with E-state index in [0.717, 1.165) is 0 Å². The number of benzene rings is 2. The van der Waals surface area contributed by atoms with Crippen LogP contribution in [0.4, 0.5) is 10.5 Å². The fourth-order valence-electron chi connectivity index (χ4n) is 2.13. The molecule has 2 aromatic rings. The zero-order chi connectivity index (χ0) is 19.9. The maximum Gasteiger partial charge on any atom is 0.319 e. The fraction of sp³-hybridized carbons (Fsp3) is 0.118. The van der Waals surface area contributed by atoms with E-state index in [0.29, 0.717) is 23.1 Å². The number of amides is 3. The predicted molar refractivity (Wildman–Crippen MR) is 98.5 cm³/mol. The van der Waals surface area contributed by atoms with Crippen LogP contribution in [0, 0.1) is 0 Å². The average molecular weight is 390 g/mol. The maximum absolute atomic E-state index is 12.0. The molecule has 0 saturated heterocycles. The standard InChI is InChI=1S/C17H18N4O5S/c18-27(25,26)15-6-4-12(5-7-15)11-20-17(24)21-14-3-1-2-13(10-14)16(23)19-8-9-22/h1-7,9-10H,8,11H2,(H,19,23)(H2,18,25,26)(H2,20,21,24). The SMILES string of the molecule is NS(=O)(=O)c1ccc(CNC(=O)Nc2cccc(C(=O)NCC=O)c2)cc1. The van der Waals surface area contributed by atoms with Crippen LogP contribution in [0.25, 0.3) is 0 Å². The van der Waals surface area contributed by atoms with Crippen LogP contribution >= 0.6 is 0 Å². The molecule has 9 nitrogen and oxygen atoms in total. The molecule has 0 saturated carbocycles. The lowest BCUT2D eigenvalue weighted by atomic mass is 10.2. The molecule has 142 valence electrons. The van der Waals surface area contributed by atoms with E-state index in [4.69, 9.17) is 5.14 Å². The first-order valence-corrected chi connectivity index (χ1v) is 9.33. The zero-order valence-electron chi connectivity index (χ0n) is 14.1. The van der Waals surface area contributed by atoms with Crippen LogP contribution in [-0.4, -0.2) is 33.2 Å². The van der Waals surface area contributed by atoms with Crippen molar-refractivity contribution in [3.63, 3.8) is 0 Å². The summed E-state index contributed by atoms with van der Waals surface area (Å²) >= 11 is 0. The molecule has 0 bridgehead atoms. The van der Waals surface area contributed by atoms with Gasteiger partial charge in [0.25, 0.3) is 5.91 Å². The summed E-state index contributed by atoms with van der Waals surface area (Å²) in [5.41, 5.74) is 1.38. The molecule has 2 rings (SSSR count). The number of hydrogen-bond acceptors (Lipinski definition) is 5. The Morgan fingerprint density at radius 1 is 1.04 bits per heavy atom. The smallest absolute Gasteiger partial charge is 0.319 e. The molecule has 0 heterocycles.